The standard InChI is InChI=1S/C23H30N4O/c1-2-24-23(27-16-14-21(18-27)20-11-7-4-8-12-20)25-15-13-22(28)26-17-19-9-5-3-6-10-19/h3-12,21H,2,13-18H2,1H3,(H,24,25)(H,26,28). The van der Waals surface area contributed by atoms with Gasteiger partial charge in [-0.1, -0.05) is 60.7 Å². The van der Waals surface area contributed by atoms with Gasteiger partial charge < -0.3 is 15.5 Å². The maximum atomic E-state index is 12.1. The van der Waals surface area contributed by atoms with Gasteiger partial charge in [-0.2, -0.15) is 0 Å². The highest BCUT2D eigenvalue weighted by atomic mass is 16.1. The second-order valence-electron chi connectivity index (χ2n) is 7.09. The number of hydrogen-bond acceptors (Lipinski definition) is 2. The lowest BCUT2D eigenvalue weighted by Gasteiger charge is -2.21. The van der Waals surface area contributed by atoms with Gasteiger partial charge in [-0.25, -0.2) is 0 Å². The van der Waals surface area contributed by atoms with E-state index in [1.807, 2.05) is 30.3 Å². The number of amides is 1. The molecule has 2 aromatic carbocycles. The summed E-state index contributed by atoms with van der Waals surface area (Å²) >= 11 is 0. The molecule has 3 rings (SSSR count). The van der Waals surface area contributed by atoms with Gasteiger partial charge in [0.15, 0.2) is 5.96 Å². The van der Waals surface area contributed by atoms with Crippen molar-refractivity contribution in [3.8, 4) is 0 Å². The molecule has 1 aliphatic rings. The Balaban J connectivity index is 1.48. The summed E-state index contributed by atoms with van der Waals surface area (Å²) in [7, 11) is 0. The number of rotatable bonds is 7. The van der Waals surface area contributed by atoms with Crippen LogP contribution in [0.3, 0.4) is 0 Å². The zero-order valence-corrected chi connectivity index (χ0v) is 16.6. The van der Waals surface area contributed by atoms with Crippen LogP contribution in [0.2, 0.25) is 0 Å². The second-order valence-corrected chi connectivity index (χ2v) is 7.09. The van der Waals surface area contributed by atoms with Gasteiger partial charge in [-0.05, 0) is 24.5 Å². The molecule has 0 aliphatic carbocycles. The SMILES string of the molecule is CCNC(=NCCC(=O)NCc1ccccc1)N1CCC(c2ccccc2)C1. The molecule has 148 valence electrons. The summed E-state index contributed by atoms with van der Waals surface area (Å²) in [6, 6.07) is 20.6. The maximum absolute atomic E-state index is 12.1. The number of benzene rings is 2. The molecule has 1 heterocycles. The van der Waals surface area contributed by atoms with Gasteiger partial charge >= 0.3 is 0 Å². The fourth-order valence-electron chi connectivity index (χ4n) is 3.52. The van der Waals surface area contributed by atoms with Crippen LogP contribution in [-0.4, -0.2) is 42.9 Å². The van der Waals surface area contributed by atoms with Crippen molar-refractivity contribution < 1.29 is 4.79 Å². The van der Waals surface area contributed by atoms with Gasteiger partial charge in [-0.3, -0.25) is 9.79 Å². The number of nitrogens with zero attached hydrogens (tertiary/aromatic N) is 2. The first-order valence-corrected chi connectivity index (χ1v) is 10.1. The summed E-state index contributed by atoms with van der Waals surface area (Å²) in [6.45, 7) is 5.92. The van der Waals surface area contributed by atoms with Gasteiger partial charge in [0.2, 0.25) is 5.91 Å². The molecule has 1 atom stereocenters. The minimum atomic E-state index is 0.0343. The average molecular weight is 379 g/mol. The highest BCUT2D eigenvalue weighted by Gasteiger charge is 2.25. The fraction of sp³-hybridized carbons (Fsp3) is 0.391. The molecular weight excluding hydrogens is 348 g/mol. The Morgan fingerprint density at radius 1 is 1.07 bits per heavy atom. The quantitative estimate of drug-likeness (QED) is 0.575. The van der Waals surface area contributed by atoms with Crippen molar-refractivity contribution in [1.29, 1.82) is 0 Å². The Bertz CT molecular complexity index is 761. The molecule has 2 aromatic rings. The van der Waals surface area contributed by atoms with E-state index in [9.17, 15) is 4.79 Å². The van der Waals surface area contributed by atoms with Crippen LogP contribution in [0.25, 0.3) is 0 Å². The molecule has 0 radical (unpaired) electrons. The number of guanidine groups is 1. The van der Waals surface area contributed by atoms with Gasteiger partial charge in [-0.15, -0.1) is 0 Å². The normalized spacial score (nSPS) is 16.8. The lowest BCUT2D eigenvalue weighted by molar-refractivity contribution is -0.121. The van der Waals surface area contributed by atoms with Gasteiger partial charge in [0, 0.05) is 38.5 Å². The fourth-order valence-corrected chi connectivity index (χ4v) is 3.52. The second kappa shape index (κ2) is 10.5. The highest BCUT2D eigenvalue weighted by Crippen LogP contribution is 2.26. The molecule has 5 heteroatoms. The maximum Gasteiger partial charge on any atom is 0.222 e. The smallest absolute Gasteiger partial charge is 0.222 e. The molecule has 1 unspecified atom stereocenters. The summed E-state index contributed by atoms with van der Waals surface area (Å²) in [4.78, 5) is 19.1. The van der Waals surface area contributed by atoms with E-state index < -0.39 is 0 Å². The zero-order chi connectivity index (χ0) is 19.6. The Morgan fingerprint density at radius 3 is 2.50 bits per heavy atom. The van der Waals surface area contributed by atoms with E-state index in [-0.39, 0.29) is 5.91 Å². The third-order valence-electron chi connectivity index (χ3n) is 5.03. The van der Waals surface area contributed by atoms with E-state index in [0.29, 0.717) is 25.4 Å². The predicted octanol–water partition coefficient (Wildman–Crippen LogP) is 3.15. The largest absolute Gasteiger partial charge is 0.357 e. The summed E-state index contributed by atoms with van der Waals surface area (Å²) in [5.41, 5.74) is 2.50. The Hall–Kier alpha value is -2.82. The minimum Gasteiger partial charge on any atom is -0.357 e. The van der Waals surface area contributed by atoms with Crippen LogP contribution in [-0.2, 0) is 11.3 Å². The van der Waals surface area contributed by atoms with Crippen LogP contribution in [0, 0.1) is 0 Å². The van der Waals surface area contributed by atoms with Crippen molar-refractivity contribution in [2.45, 2.75) is 32.2 Å². The van der Waals surface area contributed by atoms with E-state index in [1.54, 1.807) is 0 Å². The Morgan fingerprint density at radius 2 is 1.79 bits per heavy atom. The first-order chi connectivity index (χ1) is 13.8. The number of carbonyl (C=O) groups is 1. The molecule has 0 saturated carbocycles. The lowest BCUT2D eigenvalue weighted by Crippen LogP contribution is -2.40. The highest BCUT2D eigenvalue weighted by molar-refractivity contribution is 5.81. The predicted molar refractivity (Wildman–Crippen MR) is 114 cm³/mol. The summed E-state index contributed by atoms with van der Waals surface area (Å²) in [5, 5.41) is 6.33. The van der Waals surface area contributed by atoms with E-state index in [4.69, 9.17) is 0 Å². The molecule has 0 bridgehead atoms. The Kier molecular flexibility index (Phi) is 7.47. The molecule has 5 nitrogen and oxygen atoms in total. The molecule has 1 aliphatic heterocycles. The monoisotopic (exact) mass is 378 g/mol. The van der Waals surface area contributed by atoms with E-state index in [2.05, 4.69) is 57.8 Å². The van der Waals surface area contributed by atoms with E-state index in [1.165, 1.54) is 5.56 Å². The van der Waals surface area contributed by atoms with Crippen LogP contribution in [0.4, 0.5) is 0 Å². The number of aliphatic imine (C=N–C) groups is 1. The summed E-state index contributed by atoms with van der Waals surface area (Å²) in [5.74, 6) is 1.49. The number of nitrogens with one attached hydrogen (secondary N) is 2. The minimum absolute atomic E-state index is 0.0343. The van der Waals surface area contributed by atoms with Crippen LogP contribution >= 0.6 is 0 Å². The molecule has 0 spiro atoms. The van der Waals surface area contributed by atoms with Crippen LogP contribution in [0.1, 0.15) is 36.8 Å². The van der Waals surface area contributed by atoms with Crippen molar-refractivity contribution in [2.75, 3.05) is 26.2 Å². The van der Waals surface area contributed by atoms with Crippen molar-refractivity contribution in [3.05, 3.63) is 71.8 Å². The van der Waals surface area contributed by atoms with Crippen LogP contribution < -0.4 is 10.6 Å². The Labute approximate surface area is 167 Å². The average Bonchev–Trinajstić information content (AvgIpc) is 3.23. The van der Waals surface area contributed by atoms with Gasteiger partial charge in [0.1, 0.15) is 0 Å². The summed E-state index contributed by atoms with van der Waals surface area (Å²) in [6.07, 6.45) is 1.53. The van der Waals surface area contributed by atoms with E-state index >= 15 is 0 Å². The third kappa shape index (κ3) is 5.84. The molecular formula is C23H30N4O. The van der Waals surface area contributed by atoms with E-state index in [0.717, 1.165) is 37.6 Å². The number of carbonyl (C=O) groups excluding carboxylic acids is 1. The molecule has 1 fully saturated rings. The first kappa shape index (κ1) is 19.9. The molecule has 0 aromatic heterocycles. The van der Waals surface area contributed by atoms with Crippen molar-refractivity contribution >= 4 is 11.9 Å². The van der Waals surface area contributed by atoms with Gasteiger partial charge in [0.25, 0.3) is 0 Å². The molecule has 28 heavy (non-hydrogen) atoms. The van der Waals surface area contributed by atoms with Crippen LogP contribution in [0.15, 0.2) is 65.7 Å². The van der Waals surface area contributed by atoms with Crippen molar-refractivity contribution in [2.24, 2.45) is 4.99 Å². The van der Waals surface area contributed by atoms with Gasteiger partial charge in [0.05, 0.1) is 6.54 Å². The molecule has 1 amide bonds. The van der Waals surface area contributed by atoms with Crippen molar-refractivity contribution in [1.82, 2.24) is 15.5 Å². The van der Waals surface area contributed by atoms with Crippen molar-refractivity contribution in [3.63, 3.8) is 0 Å². The topological polar surface area (TPSA) is 56.7 Å². The summed E-state index contributed by atoms with van der Waals surface area (Å²) < 4.78 is 0. The lowest BCUT2D eigenvalue weighted by atomic mass is 9.99. The molecule has 1 saturated heterocycles. The zero-order valence-electron chi connectivity index (χ0n) is 16.6. The third-order valence-corrected chi connectivity index (χ3v) is 5.03. The molecule has 2 N–H and O–H groups in total. The number of hydrogen-bond donors (Lipinski definition) is 2. The first-order valence-electron chi connectivity index (χ1n) is 10.1. The number of likely N-dealkylation sites (tertiary alicyclic amines) is 1. The van der Waals surface area contributed by atoms with Crippen LogP contribution in [0.5, 0.6) is 0 Å².